The van der Waals surface area contributed by atoms with E-state index in [-0.39, 0.29) is 17.6 Å². The van der Waals surface area contributed by atoms with Crippen molar-refractivity contribution in [3.05, 3.63) is 52.2 Å². The van der Waals surface area contributed by atoms with Gasteiger partial charge in [0.2, 0.25) is 5.91 Å². The number of benzene rings is 1. The Bertz CT molecular complexity index is 726. The number of carbonyl (C=O) groups is 2. The minimum Gasteiger partial charge on any atom is -0.478 e. The Morgan fingerprint density at radius 2 is 2.20 bits per heavy atom. The highest BCUT2D eigenvalue weighted by Crippen LogP contribution is 2.25. The van der Waals surface area contributed by atoms with Gasteiger partial charge in [0, 0.05) is 23.7 Å². The van der Waals surface area contributed by atoms with Crippen molar-refractivity contribution in [2.45, 2.75) is 25.0 Å². The molecule has 1 aromatic heterocycles. The second kappa shape index (κ2) is 8.13. The van der Waals surface area contributed by atoms with Crippen molar-refractivity contribution in [3.63, 3.8) is 0 Å². The van der Waals surface area contributed by atoms with Gasteiger partial charge in [-0.2, -0.15) is 0 Å². The van der Waals surface area contributed by atoms with Gasteiger partial charge < -0.3 is 20.5 Å². The number of hydrogen-bond acceptors (Lipinski definition) is 5. The van der Waals surface area contributed by atoms with Crippen LogP contribution >= 0.6 is 11.3 Å². The maximum atomic E-state index is 12.7. The van der Waals surface area contributed by atoms with Crippen LogP contribution in [0.4, 0.5) is 5.69 Å². The Hall–Kier alpha value is -2.38. The van der Waals surface area contributed by atoms with Crippen molar-refractivity contribution in [1.29, 1.82) is 0 Å². The van der Waals surface area contributed by atoms with Crippen LogP contribution in [-0.4, -0.2) is 36.2 Å². The molecule has 7 heteroatoms. The molecule has 1 aliphatic rings. The lowest BCUT2D eigenvalue weighted by Crippen LogP contribution is -2.37. The summed E-state index contributed by atoms with van der Waals surface area (Å²) in [5.74, 6) is -1.15. The number of amides is 1. The monoisotopic (exact) mass is 360 g/mol. The van der Waals surface area contributed by atoms with Crippen LogP contribution in [0.25, 0.3) is 0 Å². The number of carboxylic acid groups (broad SMARTS) is 1. The van der Waals surface area contributed by atoms with Gasteiger partial charge in [-0.3, -0.25) is 4.79 Å². The third kappa shape index (κ3) is 4.58. The van der Waals surface area contributed by atoms with Crippen molar-refractivity contribution >= 4 is 28.9 Å². The van der Waals surface area contributed by atoms with E-state index in [0.29, 0.717) is 12.2 Å². The molecule has 1 fully saturated rings. The zero-order valence-electron chi connectivity index (χ0n) is 13.6. The Morgan fingerprint density at radius 1 is 1.32 bits per heavy atom. The van der Waals surface area contributed by atoms with Gasteiger partial charge in [0.05, 0.1) is 11.7 Å². The van der Waals surface area contributed by atoms with Crippen molar-refractivity contribution in [2.75, 3.05) is 18.5 Å². The zero-order valence-corrected chi connectivity index (χ0v) is 14.4. The Balaban J connectivity index is 1.72. The number of hydrogen-bond donors (Lipinski definition) is 3. The normalized spacial score (nSPS) is 17.8. The Labute approximate surface area is 149 Å². The molecule has 2 atom stereocenters. The number of aromatic carboxylic acids is 1. The van der Waals surface area contributed by atoms with E-state index in [1.165, 1.54) is 23.5 Å². The van der Waals surface area contributed by atoms with Gasteiger partial charge in [0.25, 0.3) is 0 Å². The van der Waals surface area contributed by atoms with E-state index < -0.39 is 12.0 Å². The first-order chi connectivity index (χ1) is 12.1. The average Bonchev–Trinajstić information content (AvgIpc) is 3.31. The van der Waals surface area contributed by atoms with E-state index in [4.69, 9.17) is 9.84 Å². The molecule has 2 unspecified atom stereocenters. The molecule has 1 amide bonds. The number of carboxylic acids is 1. The highest BCUT2D eigenvalue weighted by Gasteiger charge is 2.24. The number of ether oxygens (including phenoxy) is 1. The lowest BCUT2D eigenvalue weighted by Gasteiger charge is -2.20. The first-order valence-electron chi connectivity index (χ1n) is 8.16. The first kappa shape index (κ1) is 17.4. The summed E-state index contributed by atoms with van der Waals surface area (Å²) in [5.41, 5.74) is 0.764. The van der Waals surface area contributed by atoms with E-state index in [2.05, 4.69) is 10.6 Å². The molecule has 25 heavy (non-hydrogen) atoms. The van der Waals surface area contributed by atoms with Crippen LogP contribution in [-0.2, 0) is 9.53 Å². The topological polar surface area (TPSA) is 87.7 Å². The maximum absolute atomic E-state index is 12.7. The van der Waals surface area contributed by atoms with Crippen molar-refractivity contribution < 1.29 is 19.4 Å². The molecule has 2 heterocycles. The van der Waals surface area contributed by atoms with Gasteiger partial charge >= 0.3 is 5.97 Å². The fourth-order valence-electron chi connectivity index (χ4n) is 2.75. The summed E-state index contributed by atoms with van der Waals surface area (Å²) in [7, 11) is 0. The molecule has 0 aliphatic carbocycles. The highest BCUT2D eigenvalue weighted by atomic mass is 32.1. The molecule has 1 aromatic carbocycles. The van der Waals surface area contributed by atoms with Crippen LogP contribution < -0.4 is 10.6 Å². The minimum absolute atomic E-state index is 0.0725. The predicted molar refractivity (Wildman–Crippen MR) is 96.1 cm³/mol. The number of anilines is 1. The number of nitrogens with one attached hydrogen (secondary N) is 2. The molecule has 2 aromatic rings. The summed E-state index contributed by atoms with van der Waals surface area (Å²) in [5, 5.41) is 17.1. The standard InChI is InChI=1S/C18H20N2O4S/c21-17(19-11-14-6-2-8-24-14)16(15-7-3-9-25-15)20-13-5-1-4-12(10-13)18(22)23/h1,3-5,7,9-10,14,16,20H,2,6,8,11H2,(H,19,21)(H,22,23). The molecular formula is C18H20N2O4S. The number of rotatable bonds is 7. The smallest absolute Gasteiger partial charge is 0.335 e. The highest BCUT2D eigenvalue weighted by molar-refractivity contribution is 7.10. The molecule has 0 spiro atoms. The first-order valence-corrected chi connectivity index (χ1v) is 9.04. The maximum Gasteiger partial charge on any atom is 0.335 e. The molecule has 1 aliphatic heterocycles. The molecular weight excluding hydrogens is 340 g/mol. The van der Waals surface area contributed by atoms with Crippen LogP contribution in [0.5, 0.6) is 0 Å². The third-order valence-corrected chi connectivity index (χ3v) is 4.98. The molecule has 0 saturated carbocycles. The Morgan fingerprint density at radius 3 is 2.88 bits per heavy atom. The summed E-state index contributed by atoms with van der Waals surface area (Å²) in [6, 6.07) is 9.64. The van der Waals surface area contributed by atoms with Gasteiger partial charge in [-0.15, -0.1) is 11.3 Å². The lowest BCUT2D eigenvalue weighted by atomic mass is 10.1. The fraction of sp³-hybridized carbons (Fsp3) is 0.333. The van der Waals surface area contributed by atoms with E-state index >= 15 is 0 Å². The van der Waals surface area contributed by atoms with Crippen LogP contribution in [0.15, 0.2) is 41.8 Å². The minimum atomic E-state index is -1.00. The second-order valence-electron chi connectivity index (χ2n) is 5.86. The quantitative estimate of drug-likeness (QED) is 0.707. The fourth-order valence-corrected chi connectivity index (χ4v) is 3.53. The van der Waals surface area contributed by atoms with Gasteiger partial charge in [0.15, 0.2) is 0 Å². The average molecular weight is 360 g/mol. The van der Waals surface area contributed by atoms with Crippen LogP contribution in [0, 0.1) is 0 Å². The molecule has 3 rings (SSSR count). The van der Waals surface area contributed by atoms with Crippen molar-refractivity contribution in [2.24, 2.45) is 0 Å². The van der Waals surface area contributed by atoms with Gasteiger partial charge in [0.1, 0.15) is 6.04 Å². The molecule has 0 bridgehead atoms. The summed E-state index contributed by atoms with van der Waals surface area (Å²) in [4.78, 5) is 24.7. The summed E-state index contributed by atoms with van der Waals surface area (Å²) in [6.45, 7) is 1.23. The SMILES string of the molecule is O=C(O)c1cccc(NC(C(=O)NCC2CCCO2)c2cccs2)c1. The van der Waals surface area contributed by atoms with Crippen molar-refractivity contribution in [3.8, 4) is 0 Å². The molecule has 0 radical (unpaired) electrons. The zero-order chi connectivity index (χ0) is 17.6. The van der Waals surface area contributed by atoms with Gasteiger partial charge in [-0.05, 0) is 42.5 Å². The van der Waals surface area contributed by atoms with Gasteiger partial charge in [-0.1, -0.05) is 12.1 Å². The lowest BCUT2D eigenvalue weighted by molar-refractivity contribution is -0.122. The van der Waals surface area contributed by atoms with Crippen molar-refractivity contribution in [1.82, 2.24) is 5.32 Å². The van der Waals surface area contributed by atoms with Crippen LogP contribution in [0.3, 0.4) is 0 Å². The molecule has 132 valence electrons. The summed E-state index contributed by atoms with van der Waals surface area (Å²) < 4.78 is 5.54. The third-order valence-electron chi connectivity index (χ3n) is 4.04. The molecule has 1 saturated heterocycles. The van der Waals surface area contributed by atoms with E-state index in [0.717, 1.165) is 24.3 Å². The van der Waals surface area contributed by atoms with Crippen LogP contribution in [0.1, 0.15) is 34.1 Å². The summed E-state index contributed by atoms with van der Waals surface area (Å²) >= 11 is 1.48. The van der Waals surface area contributed by atoms with Gasteiger partial charge in [-0.25, -0.2) is 4.79 Å². The van der Waals surface area contributed by atoms with E-state index in [1.807, 2.05) is 17.5 Å². The van der Waals surface area contributed by atoms with Crippen LogP contribution in [0.2, 0.25) is 0 Å². The molecule has 3 N–H and O–H groups in total. The largest absolute Gasteiger partial charge is 0.478 e. The number of thiophene rings is 1. The summed E-state index contributed by atoms with van der Waals surface area (Å²) in [6.07, 6.45) is 2.05. The second-order valence-corrected chi connectivity index (χ2v) is 6.84. The molecule has 6 nitrogen and oxygen atoms in total. The predicted octanol–water partition coefficient (Wildman–Crippen LogP) is 2.89. The Kier molecular flexibility index (Phi) is 5.67. The number of carbonyl (C=O) groups excluding carboxylic acids is 1. The van der Waals surface area contributed by atoms with E-state index in [1.54, 1.807) is 12.1 Å². The van der Waals surface area contributed by atoms with E-state index in [9.17, 15) is 9.59 Å².